The highest BCUT2D eigenvalue weighted by atomic mass is 19.1. The van der Waals surface area contributed by atoms with Crippen LogP contribution in [0.1, 0.15) is 5.69 Å². The van der Waals surface area contributed by atoms with E-state index in [1.165, 1.54) is 19.4 Å². The average molecular weight is 222 g/mol. The highest BCUT2D eigenvalue weighted by Gasteiger charge is 2.14. The lowest BCUT2D eigenvalue weighted by Crippen LogP contribution is -1.93. The van der Waals surface area contributed by atoms with Crippen LogP contribution >= 0.6 is 0 Å². The Labute approximate surface area is 91.7 Å². The monoisotopic (exact) mass is 222 g/mol. The van der Waals surface area contributed by atoms with E-state index in [0.29, 0.717) is 17.3 Å². The summed E-state index contributed by atoms with van der Waals surface area (Å²) in [5.41, 5.74) is 0.796. The average Bonchev–Trinajstić information content (AvgIpc) is 2.76. The Morgan fingerprint density at radius 2 is 2.31 bits per heavy atom. The molecule has 0 fully saturated rings. The first-order valence-electron chi connectivity index (χ1n) is 4.74. The molecule has 0 bridgehead atoms. The molecule has 0 atom stereocenters. The molecule has 2 rings (SSSR count). The van der Waals surface area contributed by atoms with Crippen LogP contribution in [0.2, 0.25) is 0 Å². The number of ether oxygens (including phenoxy) is 1. The summed E-state index contributed by atoms with van der Waals surface area (Å²) in [5.74, 6) is 0.330. The van der Waals surface area contributed by atoms with Crippen LogP contribution in [-0.4, -0.2) is 22.2 Å². The van der Waals surface area contributed by atoms with E-state index < -0.39 is 5.82 Å². The lowest BCUT2D eigenvalue weighted by atomic mass is 10.2. The van der Waals surface area contributed by atoms with Crippen molar-refractivity contribution < 1.29 is 14.2 Å². The number of methoxy groups -OCH3 is 1. The predicted octanol–water partition coefficient (Wildman–Crippen LogP) is 1.72. The van der Waals surface area contributed by atoms with E-state index in [4.69, 9.17) is 9.84 Å². The normalized spacial score (nSPS) is 10.4. The Kier molecular flexibility index (Phi) is 2.87. The van der Waals surface area contributed by atoms with Crippen LogP contribution in [0.15, 0.2) is 24.4 Å². The third-order valence-corrected chi connectivity index (χ3v) is 2.23. The number of benzene rings is 1. The van der Waals surface area contributed by atoms with Crippen LogP contribution in [0.5, 0.6) is 5.75 Å². The second-order valence-electron chi connectivity index (χ2n) is 3.23. The van der Waals surface area contributed by atoms with Crippen molar-refractivity contribution in [2.75, 3.05) is 7.11 Å². The fourth-order valence-corrected chi connectivity index (χ4v) is 1.47. The van der Waals surface area contributed by atoms with Gasteiger partial charge in [0.25, 0.3) is 0 Å². The van der Waals surface area contributed by atoms with E-state index in [-0.39, 0.29) is 12.2 Å². The number of aliphatic hydroxyl groups is 1. The zero-order valence-corrected chi connectivity index (χ0v) is 8.70. The first kappa shape index (κ1) is 10.6. The van der Waals surface area contributed by atoms with Gasteiger partial charge in [-0.1, -0.05) is 6.07 Å². The number of imidazole rings is 1. The van der Waals surface area contributed by atoms with Gasteiger partial charge in [0.1, 0.15) is 17.4 Å². The van der Waals surface area contributed by atoms with Gasteiger partial charge in [0.2, 0.25) is 0 Å². The Bertz CT molecular complexity index is 496. The van der Waals surface area contributed by atoms with E-state index in [1.807, 2.05) is 0 Å². The van der Waals surface area contributed by atoms with Gasteiger partial charge in [0.15, 0.2) is 0 Å². The molecular weight excluding hydrogens is 211 g/mol. The van der Waals surface area contributed by atoms with Gasteiger partial charge < -0.3 is 14.8 Å². The van der Waals surface area contributed by atoms with E-state index in [0.717, 1.165) is 0 Å². The third-order valence-electron chi connectivity index (χ3n) is 2.23. The molecule has 0 saturated heterocycles. The number of nitrogens with one attached hydrogen (secondary N) is 1. The van der Waals surface area contributed by atoms with Gasteiger partial charge in [-0.3, -0.25) is 0 Å². The second-order valence-corrected chi connectivity index (χ2v) is 3.23. The molecule has 1 heterocycles. The number of aromatic amines is 1. The number of aliphatic hydroxyl groups excluding tert-OH is 1. The van der Waals surface area contributed by atoms with Crippen molar-refractivity contribution in [3.8, 4) is 17.1 Å². The fraction of sp³-hybridized carbons (Fsp3) is 0.182. The molecule has 4 nitrogen and oxygen atoms in total. The SMILES string of the molecule is COc1cccc(F)c1-c1ncc(CO)[nH]1. The summed E-state index contributed by atoms with van der Waals surface area (Å²) >= 11 is 0. The fourth-order valence-electron chi connectivity index (χ4n) is 1.47. The lowest BCUT2D eigenvalue weighted by Gasteiger charge is -2.06. The molecular formula is C11H11FN2O2. The standard InChI is InChI=1S/C11H11FN2O2/c1-16-9-4-2-3-8(12)10(9)11-13-5-7(6-15)14-11/h2-5,15H,6H2,1H3,(H,13,14). The van der Waals surface area contributed by atoms with E-state index >= 15 is 0 Å². The minimum atomic E-state index is -0.418. The molecule has 1 aromatic heterocycles. The Morgan fingerprint density at radius 3 is 2.94 bits per heavy atom. The number of hydrogen-bond donors (Lipinski definition) is 2. The zero-order chi connectivity index (χ0) is 11.5. The largest absolute Gasteiger partial charge is 0.496 e. The van der Waals surface area contributed by atoms with Crippen molar-refractivity contribution >= 4 is 0 Å². The summed E-state index contributed by atoms with van der Waals surface area (Å²) in [6, 6.07) is 4.55. The van der Waals surface area contributed by atoms with Crippen LogP contribution in [-0.2, 0) is 6.61 Å². The summed E-state index contributed by atoms with van der Waals surface area (Å²) in [5, 5.41) is 8.90. The van der Waals surface area contributed by atoms with Gasteiger partial charge in [0.05, 0.1) is 31.2 Å². The van der Waals surface area contributed by atoms with Crippen LogP contribution in [0.25, 0.3) is 11.4 Å². The molecule has 0 aliphatic rings. The lowest BCUT2D eigenvalue weighted by molar-refractivity contribution is 0.277. The highest BCUT2D eigenvalue weighted by Crippen LogP contribution is 2.30. The summed E-state index contributed by atoms with van der Waals surface area (Å²) in [4.78, 5) is 6.80. The van der Waals surface area contributed by atoms with E-state index in [9.17, 15) is 4.39 Å². The molecule has 0 unspecified atom stereocenters. The zero-order valence-electron chi connectivity index (χ0n) is 8.70. The smallest absolute Gasteiger partial charge is 0.144 e. The maximum atomic E-state index is 13.6. The predicted molar refractivity (Wildman–Crippen MR) is 56.5 cm³/mol. The second kappa shape index (κ2) is 4.32. The van der Waals surface area contributed by atoms with E-state index in [2.05, 4.69) is 9.97 Å². The number of halogens is 1. The molecule has 2 N–H and O–H groups in total. The van der Waals surface area contributed by atoms with Crippen molar-refractivity contribution in [1.29, 1.82) is 0 Å². The third kappa shape index (κ3) is 1.77. The van der Waals surface area contributed by atoms with Gasteiger partial charge in [-0.05, 0) is 12.1 Å². The molecule has 2 aromatic rings. The molecule has 5 heteroatoms. The summed E-state index contributed by atoms with van der Waals surface area (Å²) in [7, 11) is 1.47. The molecule has 0 saturated carbocycles. The highest BCUT2D eigenvalue weighted by molar-refractivity contribution is 5.65. The van der Waals surface area contributed by atoms with Crippen LogP contribution in [0.4, 0.5) is 4.39 Å². The van der Waals surface area contributed by atoms with Gasteiger partial charge in [-0.25, -0.2) is 9.37 Å². The maximum absolute atomic E-state index is 13.6. The van der Waals surface area contributed by atoms with E-state index in [1.54, 1.807) is 12.1 Å². The van der Waals surface area contributed by atoms with Crippen LogP contribution < -0.4 is 4.74 Å². The minimum Gasteiger partial charge on any atom is -0.496 e. The van der Waals surface area contributed by atoms with Gasteiger partial charge in [-0.15, -0.1) is 0 Å². The van der Waals surface area contributed by atoms with Crippen LogP contribution in [0.3, 0.4) is 0 Å². The molecule has 0 aliphatic heterocycles. The first-order chi connectivity index (χ1) is 7.76. The topological polar surface area (TPSA) is 58.1 Å². The summed E-state index contributed by atoms with van der Waals surface area (Å²) in [6.45, 7) is -0.163. The number of nitrogens with zero attached hydrogens (tertiary/aromatic N) is 1. The first-order valence-corrected chi connectivity index (χ1v) is 4.74. The molecule has 16 heavy (non-hydrogen) atoms. The number of aromatic nitrogens is 2. The minimum absolute atomic E-state index is 0.163. The molecule has 0 radical (unpaired) electrons. The Hall–Kier alpha value is -1.88. The summed E-state index contributed by atoms with van der Waals surface area (Å²) < 4.78 is 18.7. The molecule has 0 amide bonds. The van der Waals surface area contributed by atoms with Crippen molar-refractivity contribution in [2.45, 2.75) is 6.61 Å². The number of hydrogen-bond acceptors (Lipinski definition) is 3. The molecule has 0 aliphatic carbocycles. The summed E-state index contributed by atoms with van der Waals surface area (Å²) in [6.07, 6.45) is 1.46. The van der Waals surface area contributed by atoms with Gasteiger partial charge in [0, 0.05) is 0 Å². The molecule has 84 valence electrons. The molecule has 0 spiro atoms. The van der Waals surface area contributed by atoms with Crippen LogP contribution in [0, 0.1) is 5.82 Å². The van der Waals surface area contributed by atoms with Crippen molar-refractivity contribution in [1.82, 2.24) is 9.97 Å². The van der Waals surface area contributed by atoms with Gasteiger partial charge in [-0.2, -0.15) is 0 Å². The maximum Gasteiger partial charge on any atom is 0.144 e. The van der Waals surface area contributed by atoms with Gasteiger partial charge >= 0.3 is 0 Å². The van der Waals surface area contributed by atoms with Crippen molar-refractivity contribution in [3.05, 3.63) is 35.9 Å². The quantitative estimate of drug-likeness (QED) is 0.831. The molecule has 1 aromatic carbocycles. The van der Waals surface area contributed by atoms with Crippen molar-refractivity contribution in [3.63, 3.8) is 0 Å². The number of rotatable bonds is 3. The number of H-pyrrole nitrogens is 1. The Balaban J connectivity index is 2.53. The van der Waals surface area contributed by atoms with Crippen molar-refractivity contribution in [2.24, 2.45) is 0 Å². The Morgan fingerprint density at radius 1 is 1.50 bits per heavy atom.